The van der Waals surface area contributed by atoms with E-state index in [2.05, 4.69) is 47.4 Å². The van der Waals surface area contributed by atoms with Gasteiger partial charge in [0.15, 0.2) is 5.96 Å². The Morgan fingerprint density at radius 1 is 1.44 bits per heavy atom. The largest absolute Gasteiger partial charge is 0.494 e. The molecule has 0 atom stereocenters. The quantitative estimate of drug-likeness (QED) is 0.881. The van der Waals surface area contributed by atoms with Crippen LogP contribution in [0, 0.1) is 6.92 Å². The van der Waals surface area contributed by atoms with Gasteiger partial charge in [-0.15, -0.1) is 0 Å². The Hall–Kier alpha value is -1.71. The van der Waals surface area contributed by atoms with Crippen molar-refractivity contribution in [3.63, 3.8) is 0 Å². The van der Waals surface area contributed by atoms with Crippen LogP contribution in [0.15, 0.2) is 23.2 Å². The van der Waals surface area contributed by atoms with Gasteiger partial charge in [-0.3, -0.25) is 4.99 Å². The average molecular weight is 247 g/mol. The van der Waals surface area contributed by atoms with Crippen LogP contribution < -0.4 is 10.1 Å². The summed E-state index contributed by atoms with van der Waals surface area (Å²) < 4.78 is 5.67. The lowest BCUT2D eigenvalue weighted by atomic mass is 10.1. The third-order valence-corrected chi connectivity index (χ3v) is 3.02. The molecule has 1 N–H and O–H groups in total. The summed E-state index contributed by atoms with van der Waals surface area (Å²) in [5.41, 5.74) is 2.39. The van der Waals surface area contributed by atoms with Crippen LogP contribution in [-0.2, 0) is 6.54 Å². The van der Waals surface area contributed by atoms with E-state index in [1.54, 1.807) is 0 Å². The number of ether oxygens (including phenoxy) is 1. The minimum atomic E-state index is 0.692. The SMILES string of the molecule is CCOc1cc(C)ccc1CNC1=NCCN1C. The van der Waals surface area contributed by atoms with E-state index in [1.807, 2.05) is 6.92 Å². The Balaban J connectivity index is 2.04. The van der Waals surface area contributed by atoms with Crippen LogP contribution in [0.5, 0.6) is 5.75 Å². The molecule has 1 aliphatic rings. The Kier molecular flexibility index (Phi) is 4.07. The molecule has 0 saturated heterocycles. The van der Waals surface area contributed by atoms with Gasteiger partial charge in [-0.1, -0.05) is 12.1 Å². The van der Waals surface area contributed by atoms with E-state index in [-0.39, 0.29) is 0 Å². The number of benzene rings is 1. The van der Waals surface area contributed by atoms with Gasteiger partial charge in [0, 0.05) is 25.7 Å². The number of nitrogens with one attached hydrogen (secondary N) is 1. The monoisotopic (exact) mass is 247 g/mol. The minimum absolute atomic E-state index is 0.692. The number of nitrogens with zero attached hydrogens (tertiary/aromatic N) is 2. The summed E-state index contributed by atoms with van der Waals surface area (Å²) in [5.74, 6) is 1.93. The maximum atomic E-state index is 5.67. The molecule has 4 nitrogen and oxygen atoms in total. The summed E-state index contributed by atoms with van der Waals surface area (Å²) in [6.07, 6.45) is 0. The summed E-state index contributed by atoms with van der Waals surface area (Å²) in [5, 5.41) is 3.36. The van der Waals surface area contributed by atoms with Gasteiger partial charge in [0.25, 0.3) is 0 Å². The molecule has 1 aromatic rings. The van der Waals surface area contributed by atoms with Crippen molar-refractivity contribution in [3.05, 3.63) is 29.3 Å². The predicted octanol–water partition coefficient (Wildman–Crippen LogP) is 1.78. The van der Waals surface area contributed by atoms with Gasteiger partial charge in [0.05, 0.1) is 13.2 Å². The molecular weight excluding hydrogens is 226 g/mol. The summed E-state index contributed by atoms with van der Waals surface area (Å²) in [7, 11) is 2.05. The van der Waals surface area contributed by atoms with Gasteiger partial charge in [-0.25, -0.2) is 0 Å². The standard InChI is InChI=1S/C14H21N3O/c1-4-18-13-9-11(2)5-6-12(13)10-16-14-15-7-8-17(14)3/h5-6,9H,4,7-8,10H2,1-3H3,(H,15,16). The molecule has 0 unspecified atom stereocenters. The van der Waals surface area contributed by atoms with Crippen LogP contribution in [0.3, 0.4) is 0 Å². The first kappa shape index (κ1) is 12.7. The molecule has 1 heterocycles. The van der Waals surface area contributed by atoms with Crippen molar-refractivity contribution in [3.8, 4) is 5.75 Å². The zero-order chi connectivity index (χ0) is 13.0. The first-order valence-corrected chi connectivity index (χ1v) is 6.42. The van der Waals surface area contributed by atoms with Crippen LogP contribution in [0.2, 0.25) is 0 Å². The molecule has 0 radical (unpaired) electrons. The average Bonchev–Trinajstić information content (AvgIpc) is 2.74. The molecule has 2 rings (SSSR count). The Labute approximate surface area is 109 Å². The van der Waals surface area contributed by atoms with Gasteiger partial charge in [-0.05, 0) is 25.5 Å². The van der Waals surface area contributed by atoms with Crippen molar-refractivity contribution in [2.45, 2.75) is 20.4 Å². The lowest BCUT2D eigenvalue weighted by Crippen LogP contribution is -2.35. The third kappa shape index (κ3) is 2.94. The van der Waals surface area contributed by atoms with E-state index in [0.29, 0.717) is 6.61 Å². The zero-order valence-corrected chi connectivity index (χ0v) is 11.4. The highest BCUT2D eigenvalue weighted by molar-refractivity contribution is 5.81. The van der Waals surface area contributed by atoms with Crippen LogP contribution in [-0.4, -0.2) is 37.6 Å². The summed E-state index contributed by atoms with van der Waals surface area (Å²) in [6, 6.07) is 6.31. The number of guanidine groups is 1. The van der Waals surface area contributed by atoms with Gasteiger partial charge in [0.1, 0.15) is 5.75 Å². The molecule has 4 heteroatoms. The van der Waals surface area contributed by atoms with E-state index in [0.717, 1.165) is 31.3 Å². The van der Waals surface area contributed by atoms with Crippen molar-refractivity contribution in [1.29, 1.82) is 0 Å². The number of likely N-dealkylation sites (N-methyl/N-ethyl adjacent to an activating group) is 1. The molecule has 0 spiro atoms. The Morgan fingerprint density at radius 3 is 2.94 bits per heavy atom. The van der Waals surface area contributed by atoms with Crippen LogP contribution in [0.1, 0.15) is 18.1 Å². The van der Waals surface area contributed by atoms with Gasteiger partial charge in [-0.2, -0.15) is 0 Å². The molecule has 1 aliphatic heterocycles. The first-order chi connectivity index (χ1) is 8.70. The molecule has 1 aromatic carbocycles. The number of hydrogen-bond donors (Lipinski definition) is 1. The summed E-state index contributed by atoms with van der Waals surface area (Å²) >= 11 is 0. The van der Waals surface area contributed by atoms with E-state index in [9.17, 15) is 0 Å². The van der Waals surface area contributed by atoms with E-state index in [4.69, 9.17) is 4.74 Å². The zero-order valence-electron chi connectivity index (χ0n) is 11.4. The van der Waals surface area contributed by atoms with Crippen molar-refractivity contribution >= 4 is 5.96 Å². The summed E-state index contributed by atoms with van der Waals surface area (Å²) in [6.45, 7) is 7.40. The second-order valence-corrected chi connectivity index (χ2v) is 4.52. The molecule has 0 amide bonds. The van der Waals surface area contributed by atoms with E-state index in [1.165, 1.54) is 11.1 Å². The van der Waals surface area contributed by atoms with Crippen molar-refractivity contribution in [1.82, 2.24) is 10.2 Å². The number of rotatable bonds is 4. The van der Waals surface area contributed by atoms with Crippen LogP contribution in [0.4, 0.5) is 0 Å². The fraction of sp³-hybridized carbons (Fsp3) is 0.500. The second-order valence-electron chi connectivity index (χ2n) is 4.52. The number of aryl methyl sites for hydroxylation is 1. The molecule has 0 saturated carbocycles. The molecule has 0 bridgehead atoms. The van der Waals surface area contributed by atoms with E-state index < -0.39 is 0 Å². The van der Waals surface area contributed by atoms with Crippen molar-refractivity contribution in [2.75, 3.05) is 26.7 Å². The Bertz CT molecular complexity index is 443. The maximum Gasteiger partial charge on any atom is 0.194 e. The highest BCUT2D eigenvalue weighted by atomic mass is 16.5. The lowest BCUT2D eigenvalue weighted by molar-refractivity contribution is 0.336. The van der Waals surface area contributed by atoms with Crippen LogP contribution in [0.25, 0.3) is 0 Å². The minimum Gasteiger partial charge on any atom is -0.494 e. The highest BCUT2D eigenvalue weighted by Gasteiger charge is 2.12. The second kappa shape index (κ2) is 5.76. The Morgan fingerprint density at radius 2 is 2.28 bits per heavy atom. The fourth-order valence-corrected chi connectivity index (χ4v) is 2.00. The van der Waals surface area contributed by atoms with Gasteiger partial charge < -0.3 is 15.0 Å². The van der Waals surface area contributed by atoms with Crippen molar-refractivity contribution < 1.29 is 4.74 Å². The maximum absolute atomic E-state index is 5.67. The topological polar surface area (TPSA) is 36.9 Å². The van der Waals surface area contributed by atoms with Crippen molar-refractivity contribution in [2.24, 2.45) is 4.99 Å². The first-order valence-electron chi connectivity index (χ1n) is 6.42. The molecule has 18 heavy (non-hydrogen) atoms. The third-order valence-electron chi connectivity index (χ3n) is 3.02. The highest BCUT2D eigenvalue weighted by Crippen LogP contribution is 2.20. The fourth-order valence-electron chi connectivity index (χ4n) is 2.00. The smallest absolute Gasteiger partial charge is 0.194 e. The number of aliphatic imine (C=N–C) groups is 1. The van der Waals surface area contributed by atoms with Crippen LogP contribution >= 0.6 is 0 Å². The predicted molar refractivity (Wildman–Crippen MR) is 74.1 cm³/mol. The van der Waals surface area contributed by atoms with Gasteiger partial charge in [0.2, 0.25) is 0 Å². The lowest BCUT2D eigenvalue weighted by Gasteiger charge is -2.17. The molecule has 0 aromatic heterocycles. The van der Waals surface area contributed by atoms with Gasteiger partial charge >= 0.3 is 0 Å². The number of hydrogen-bond acceptors (Lipinski definition) is 4. The molecule has 98 valence electrons. The van der Waals surface area contributed by atoms with E-state index >= 15 is 0 Å². The summed E-state index contributed by atoms with van der Waals surface area (Å²) in [4.78, 5) is 6.55. The molecular formula is C14H21N3O. The molecule has 0 fully saturated rings. The molecule has 0 aliphatic carbocycles. The normalized spacial score (nSPS) is 14.6.